The standard InChI is InChI=1S/C11H10O4S/c1-14-8-5-9-6(3-7(8)12)4-10(16-9)11(13)15-2/h3-5,12H,1-2H3. The summed E-state index contributed by atoms with van der Waals surface area (Å²) in [7, 11) is 2.82. The maximum atomic E-state index is 11.3. The molecule has 0 saturated heterocycles. The van der Waals surface area contributed by atoms with Crippen LogP contribution in [0, 0.1) is 0 Å². The highest BCUT2D eigenvalue weighted by Crippen LogP contribution is 2.35. The van der Waals surface area contributed by atoms with Gasteiger partial charge in [0.15, 0.2) is 11.5 Å². The highest BCUT2D eigenvalue weighted by atomic mass is 32.1. The normalized spacial score (nSPS) is 10.4. The molecular formula is C11H10O4S. The Morgan fingerprint density at radius 1 is 1.31 bits per heavy atom. The largest absolute Gasteiger partial charge is 0.504 e. The van der Waals surface area contributed by atoms with Crippen molar-refractivity contribution in [3.8, 4) is 11.5 Å². The number of ether oxygens (including phenoxy) is 2. The smallest absolute Gasteiger partial charge is 0.348 e. The molecule has 0 amide bonds. The van der Waals surface area contributed by atoms with Gasteiger partial charge in [0, 0.05) is 10.8 Å². The second-order valence-electron chi connectivity index (χ2n) is 3.16. The first-order valence-electron chi connectivity index (χ1n) is 4.54. The van der Waals surface area contributed by atoms with Crippen LogP contribution in [-0.2, 0) is 4.74 Å². The molecule has 84 valence electrons. The molecule has 0 bridgehead atoms. The fourth-order valence-corrected chi connectivity index (χ4v) is 2.41. The highest BCUT2D eigenvalue weighted by Gasteiger charge is 2.12. The van der Waals surface area contributed by atoms with Crippen molar-refractivity contribution in [3.05, 3.63) is 23.1 Å². The van der Waals surface area contributed by atoms with E-state index >= 15 is 0 Å². The van der Waals surface area contributed by atoms with Gasteiger partial charge < -0.3 is 14.6 Å². The second kappa shape index (κ2) is 4.02. The van der Waals surface area contributed by atoms with Gasteiger partial charge in [-0.25, -0.2) is 4.79 Å². The van der Waals surface area contributed by atoms with Crippen molar-refractivity contribution >= 4 is 27.4 Å². The van der Waals surface area contributed by atoms with Gasteiger partial charge in [0.05, 0.1) is 14.2 Å². The van der Waals surface area contributed by atoms with Crippen LogP contribution in [0.15, 0.2) is 18.2 Å². The summed E-state index contributed by atoms with van der Waals surface area (Å²) in [5, 5.41) is 10.4. The Labute approximate surface area is 96.0 Å². The zero-order valence-corrected chi connectivity index (χ0v) is 9.63. The fraction of sp³-hybridized carbons (Fsp3) is 0.182. The lowest BCUT2D eigenvalue weighted by molar-refractivity contribution is 0.0606. The van der Waals surface area contributed by atoms with Gasteiger partial charge in [-0.3, -0.25) is 0 Å². The van der Waals surface area contributed by atoms with Crippen LogP contribution in [0.2, 0.25) is 0 Å². The van der Waals surface area contributed by atoms with Crippen molar-refractivity contribution in [3.63, 3.8) is 0 Å². The molecule has 0 unspecified atom stereocenters. The maximum absolute atomic E-state index is 11.3. The molecule has 0 aliphatic carbocycles. The van der Waals surface area contributed by atoms with E-state index in [-0.39, 0.29) is 11.7 Å². The van der Waals surface area contributed by atoms with Crippen LogP contribution in [0.5, 0.6) is 11.5 Å². The molecule has 2 aromatic rings. The zero-order valence-electron chi connectivity index (χ0n) is 8.81. The Morgan fingerprint density at radius 3 is 2.69 bits per heavy atom. The first-order chi connectivity index (χ1) is 7.65. The summed E-state index contributed by atoms with van der Waals surface area (Å²) in [6.45, 7) is 0. The van der Waals surface area contributed by atoms with E-state index in [1.807, 2.05) is 0 Å². The predicted molar refractivity (Wildman–Crippen MR) is 61.4 cm³/mol. The van der Waals surface area contributed by atoms with Crippen LogP contribution in [0.1, 0.15) is 9.67 Å². The van der Waals surface area contributed by atoms with E-state index in [9.17, 15) is 9.90 Å². The molecule has 0 saturated carbocycles. The number of rotatable bonds is 2. The second-order valence-corrected chi connectivity index (χ2v) is 4.25. The monoisotopic (exact) mass is 238 g/mol. The molecule has 1 aromatic heterocycles. The number of hydrogen-bond donors (Lipinski definition) is 1. The number of methoxy groups -OCH3 is 2. The first kappa shape index (κ1) is 10.8. The average molecular weight is 238 g/mol. The van der Waals surface area contributed by atoms with Crippen LogP contribution in [0.3, 0.4) is 0 Å². The Balaban J connectivity index is 2.58. The third-order valence-electron chi connectivity index (χ3n) is 2.20. The van der Waals surface area contributed by atoms with Crippen LogP contribution in [0.4, 0.5) is 0 Å². The minimum Gasteiger partial charge on any atom is -0.504 e. The minimum atomic E-state index is -0.375. The fourth-order valence-electron chi connectivity index (χ4n) is 1.42. The maximum Gasteiger partial charge on any atom is 0.348 e. The minimum absolute atomic E-state index is 0.0595. The van der Waals surface area contributed by atoms with Crippen molar-refractivity contribution in [1.29, 1.82) is 0 Å². The molecule has 4 nitrogen and oxygen atoms in total. The third kappa shape index (κ3) is 1.69. The van der Waals surface area contributed by atoms with Gasteiger partial charge in [0.1, 0.15) is 4.88 Å². The number of carbonyl (C=O) groups excluding carboxylic acids is 1. The molecule has 5 heteroatoms. The summed E-state index contributed by atoms with van der Waals surface area (Å²) in [6, 6.07) is 4.95. The molecular weight excluding hydrogens is 228 g/mol. The summed E-state index contributed by atoms with van der Waals surface area (Å²) in [6.07, 6.45) is 0. The quantitative estimate of drug-likeness (QED) is 0.816. The molecule has 0 atom stereocenters. The number of phenols is 1. The number of esters is 1. The lowest BCUT2D eigenvalue weighted by Gasteiger charge is -2.01. The Kier molecular flexibility index (Phi) is 2.70. The van der Waals surface area contributed by atoms with E-state index in [0.717, 1.165) is 10.1 Å². The molecule has 0 aliphatic heterocycles. The summed E-state index contributed by atoms with van der Waals surface area (Å²) in [5.41, 5.74) is 0. The lowest BCUT2D eigenvalue weighted by atomic mass is 10.2. The van der Waals surface area contributed by atoms with E-state index in [1.165, 1.54) is 25.6 Å². The van der Waals surface area contributed by atoms with Gasteiger partial charge in [-0.1, -0.05) is 0 Å². The summed E-state index contributed by atoms with van der Waals surface area (Å²) in [5.74, 6) is 0.0784. The SMILES string of the molecule is COC(=O)c1cc2cc(O)c(OC)cc2s1. The number of carbonyl (C=O) groups is 1. The molecule has 1 N–H and O–H groups in total. The number of fused-ring (bicyclic) bond motifs is 1. The zero-order chi connectivity index (χ0) is 11.7. The highest BCUT2D eigenvalue weighted by molar-refractivity contribution is 7.20. The van der Waals surface area contributed by atoms with Gasteiger partial charge in [-0.15, -0.1) is 11.3 Å². The Hall–Kier alpha value is -1.75. The Bertz CT molecular complexity index is 544. The van der Waals surface area contributed by atoms with Crippen molar-refractivity contribution < 1.29 is 19.4 Å². The molecule has 1 heterocycles. The number of hydrogen-bond acceptors (Lipinski definition) is 5. The molecule has 0 radical (unpaired) electrons. The summed E-state index contributed by atoms with van der Waals surface area (Å²) < 4.78 is 10.5. The number of aromatic hydroxyl groups is 1. The van der Waals surface area contributed by atoms with Gasteiger partial charge >= 0.3 is 5.97 Å². The summed E-state index contributed by atoms with van der Waals surface area (Å²) in [4.78, 5) is 11.8. The van der Waals surface area contributed by atoms with Gasteiger partial charge in [-0.2, -0.15) is 0 Å². The predicted octanol–water partition coefficient (Wildman–Crippen LogP) is 2.40. The molecule has 0 spiro atoms. The van der Waals surface area contributed by atoms with Gasteiger partial charge in [0.25, 0.3) is 0 Å². The average Bonchev–Trinajstić information content (AvgIpc) is 2.69. The van der Waals surface area contributed by atoms with E-state index in [1.54, 1.807) is 18.2 Å². The molecule has 2 rings (SSSR count). The van der Waals surface area contributed by atoms with Crippen molar-refractivity contribution in [2.75, 3.05) is 14.2 Å². The Morgan fingerprint density at radius 2 is 2.06 bits per heavy atom. The van der Waals surface area contributed by atoms with Crippen LogP contribution >= 0.6 is 11.3 Å². The number of phenolic OH excluding ortho intramolecular Hbond substituents is 1. The number of thiophene rings is 1. The van der Waals surface area contributed by atoms with Crippen molar-refractivity contribution in [2.24, 2.45) is 0 Å². The van der Waals surface area contributed by atoms with Gasteiger partial charge in [0.2, 0.25) is 0 Å². The van der Waals surface area contributed by atoms with Crippen LogP contribution in [-0.4, -0.2) is 25.3 Å². The van der Waals surface area contributed by atoms with Gasteiger partial charge in [-0.05, 0) is 17.5 Å². The molecule has 0 aliphatic rings. The lowest BCUT2D eigenvalue weighted by Crippen LogP contribution is -1.96. The van der Waals surface area contributed by atoms with Crippen molar-refractivity contribution in [1.82, 2.24) is 0 Å². The van der Waals surface area contributed by atoms with E-state index in [4.69, 9.17) is 4.74 Å². The number of benzene rings is 1. The molecule has 16 heavy (non-hydrogen) atoms. The van der Waals surface area contributed by atoms with Crippen LogP contribution in [0.25, 0.3) is 10.1 Å². The topological polar surface area (TPSA) is 55.8 Å². The van der Waals surface area contributed by atoms with E-state index in [2.05, 4.69) is 4.74 Å². The van der Waals surface area contributed by atoms with E-state index in [0.29, 0.717) is 10.6 Å². The third-order valence-corrected chi connectivity index (χ3v) is 3.28. The van der Waals surface area contributed by atoms with Crippen LogP contribution < -0.4 is 4.74 Å². The van der Waals surface area contributed by atoms with E-state index < -0.39 is 0 Å². The molecule has 1 aromatic carbocycles. The first-order valence-corrected chi connectivity index (χ1v) is 5.36. The van der Waals surface area contributed by atoms with Crippen molar-refractivity contribution in [2.45, 2.75) is 0 Å². The summed E-state index contributed by atoms with van der Waals surface area (Å²) >= 11 is 1.30. The molecule has 0 fully saturated rings.